The molecule has 2 heterocycles. The van der Waals surface area contributed by atoms with Gasteiger partial charge in [0, 0.05) is 26.2 Å². The van der Waals surface area contributed by atoms with Crippen LogP contribution in [-0.2, 0) is 4.74 Å². The average Bonchev–Trinajstić information content (AvgIpc) is 2.85. The number of nitrogens with zero attached hydrogens (tertiary/aromatic N) is 2. The third-order valence-corrected chi connectivity index (χ3v) is 5.37. The Morgan fingerprint density at radius 2 is 2.10 bits per heavy atom. The van der Waals surface area contributed by atoms with E-state index < -0.39 is 0 Å². The topological polar surface area (TPSA) is 80.5 Å². The van der Waals surface area contributed by atoms with Crippen LogP contribution in [0, 0.1) is 0 Å². The van der Waals surface area contributed by atoms with Gasteiger partial charge in [0.15, 0.2) is 5.13 Å². The number of ether oxygens (including phenoxy) is 1. The van der Waals surface area contributed by atoms with Crippen LogP contribution in [-0.4, -0.2) is 43.2 Å². The number of methoxy groups -OCH3 is 1. The van der Waals surface area contributed by atoms with Gasteiger partial charge in [0.2, 0.25) is 0 Å². The molecule has 1 aliphatic heterocycles. The lowest BCUT2D eigenvalue weighted by atomic mass is 9.89. The number of carbonyl (C=O) groups excluding carboxylic acids is 1. The van der Waals surface area contributed by atoms with Crippen LogP contribution >= 0.6 is 11.3 Å². The normalized spacial score (nSPS) is 25.5. The molecule has 1 aromatic rings. The van der Waals surface area contributed by atoms with E-state index >= 15 is 0 Å². The number of rotatable bonds is 4. The van der Waals surface area contributed by atoms with Gasteiger partial charge in [-0.2, -0.15) is 0 Å². The van der Waals surface area contributed by atoms with Gasteiger partial charge in [0.1, 0.15) is 10.7 Å². The highest BCUT2D eigenvalue weighted by Gasteiger charge is 2.31. The van der Waals surface area contributed by atoms with Crippen molar-refractivity contribution in [2.24, 2.45) is 0 Å². The fraction of sp³-hybridized carbons (Fsp3) is 0.714. The summed E-state index contributed by atoms with van der Waals surface area (Å²) in [6, 6.07) is 0.197. The SMILES string of the molecule is COC1CC(NC(=O)c2sc(N3CCCCC3)nc2N)C1. The molecule has 1 amide bonds. The largest absolute Gasteiger partial charge is 0.382 e. The summed E-state index contributed by atoms with van der Waals surface area (Å²) in [7, 11) is 1.70. The average molecular weight is 310 g/mol. The summed E-state index contributed by atoms with van der Waals surface area (Å²) < 4.78 is 5.22. The fourth-order valence-electron chi connectivity index (χ4n) is 2.83. The van der Waals surface area contributed by atoms with E-state index in [2.05, 4.69) is 15.2 Å². The van der Waals surface area contributed by atoms with E-state index in [1.54, 1.807) is 7.11 Å². The van der Waals surface area contributed by atoms with Crippen LogP contribution in [0.15, 0.2) is 0 Å². The minimum Gasteiger partial charge on any atom is -0.382 e. The van der Waals surface area contributed by atoms with E-state index in [1.807, 2.05) is 0 Å². The molecule has 21 heavy (non-hydrogen) atoms. The third kappa shape index (κ3) is 3.13. The van der Waals surface area contributed by atoms with E-state index in [0.717, 1.165) is 31.1 Å². The van der Waals surface area contributed by atoms with Crippen molar-refractivity contribution in [3.05, 3.63) is 4.88 Å². The zero-order valence-electron chi connectivity index (χ0n) is 12.3. The lowest BCUT2D eigenvalue weighted by Gasteiger charge is -2.34. The molecular formula is C14H22N4O2S. The second kappa shape index (κ2) is 6.19. The minimum absolute atomic E-state index is 0.104. The smallest absolute Gasteiger partial charge is 0.265 e. The van der Waals surface area contributed by atoms with Gasteiger partial charge in [-0.3, -0.25) is 4.79 Å². The van der Waals surface area contributed by atoms with Crippen LogP contribution in [0.3, 0.4) is 0 Å². The summed E-state index contributed by atoms with van der Waals surface area (Å²) in [6.07, 6.45) is 5.66. The first-order valence-electron chi connectivity index (χ1n) is 7.52. The van der Waals surface area contributed by atoms with Crippen LogP contribution in [0.5, 0.6) is 0 Å². The highest BCUT2D eigenvalue weighted by molar-refractivity contribution is 7.18. The Bertz CT molecular complexity index is 507. The molecule has 2 aliphatic rings. The van der Waals surface area contributed by atoms with Gasteiger partial charge in [-0.15, -0.1) is 0 Å². The highest BCUT2D eigenvalue weighted by atomic mass is 32.1. The molecule has 0 spiro atoms. The summed E-state index contributed by atoms with van der Waals surface area (Å²) in [5, 5.41) is 3.88. The van der Waals surface area contributed by atoms with Crippen LogP contribution < -0.4 is 16.0 Å². The van der Waals surface area contributed by atoms with Gasteiger partial charge in [-0.25, -0.2) is 4.98 Å². The number of nitrogens with one attached hydrogen (secondary N) is 1. The maximum atomic E-state index is 12.3. The van der Waals surface area contributed by atoms with Crippen molar-refractivity contribution >= 4 is 28.2 Å². The maximum Gasteiger partial charge on any atom is 0.265 e. The van der Waals surface area contributed by atoms with Gasteiger partial charge >= 0.3 is 0 Å². The molecule has 1 aliphatic carbocycles. The van der Waals surface area contributed by atoms with Gasteiger partial charge < -0.3 is 20.7 Å². The molecule has 0 bridgehead atoms. The van der Waals surface area contributed by atoms with E-state index in [1.165, 1.54) is 30.6 Å². The van der Waals surface area contributed by atoms with E-state index in [0.29, 0.717) is 10.7 Å². The number of anilines is 2. The van der Waals surface area contributed by atoms with Gasteiger partial charge in [-0.05, 0) is 32.1 Å². The number of thiazole rings is 1. The summed E-state index contributed by atoms with van der Waals surface area (Å²) in [6.45, 7) is 2.01. The molecule has 6 nitrogen and oxygen atoms in total. The number of amides is 1. The predicted molar refractivity (Wildman–Crippen MR) is 83.9 cm³/mol. The number of piperidine rings is 1. The Kier molecular flexibility index (Phi) is 4.30. The number of hydrogen-bond acceptors (Lipinski definition) is 6. The predicted octanol–water partition coefficient (Wildman–Crippen LogP) is 1.62. The minimum atomic E-state index is -0.104. The van der Waals surface area contributed by atoms with Gasteiger partial charge in [0.25, 0.3) is 5.91 Å². The van der Waals surface area contributed by atoms with Crippen molar-refractivity contribution in [1.29, 1.82) is 0 Å². The molecule has 7 heteroatoms. The first-order valence-corrected chi connectivity index (χ1v) is 8.34. The maximum absolute atomic E-state index is 12.3. The van der Waals surface area contributed by atoms with Crippen molar-refractivity contribution < 1.29 is 9.53 Å². The fourth-order valence-corrected chi connectivity index (χ4v) is 3.77. The summed E-state index contributed by atoms with van der Waals surface area (Å²) in [4.78, 5) is 19.4. The Balaban J connectivity index is 1.62. The molecule has 1 aromatic heterocycles. The molecule has 116 valence electrons. The number of hydrogen-bond donors (Lipinski definition) is 2. The van der Waals surface area contributed by atoms with Crippen molar-refractivity contribution in [1.82, 2.24) is 10.3 Å². The summed E-state index contributed by atoms with van der Waals surface area (Å²) in [5.74, 6) is 0.244. The summed E-state index contributed by atoms with van der Waals surface area (Å²) >= 11 is 1.40. The molecule has 3 rings (SSSR count). The quantitative estimate of drug-likeness (QED) is 0.883. The third-order valence-electron chi connectivity index (χ3n) is 4.24. The van der Waals surface area contributed by atoms with Crippen molar-refractivity contribution in [3.8, 4) is 0 Å². The number of nitrogen functional groups attached to an aromatic ring is 1. The molecule has 0 atom stereocenters. The first kappa shape index (κ1) is 14.6. The lowest BCUT2D eigenvalue weighted by Crippen LogP contribution is -2.47. The Morgan fingerprint density at radius 1 is 1.38 bits per heavy atom. The van der Waals surface area contributed by atoms with E-state index in [-0.39, 0.29) is 18.1 Å². The highest BCUT2D eigenvalue weighted by Crippen LogP contribution is 2.31. The Labute approximate surface area is 128 Å². The Morgan fingerprint density at radius 3 is 2.76 bits per heavy atom. The standard InChI is InChI=1S/C14H22N4O2S/c1-20-10-7-9(8-10)16-13(19)11-12(15)17-14(21-11)18-5-3-2-4-6-18/h9-10H,2-8,15H2,1H3,(H,16,19). The van der Waals surface area contributed by atoms with Crippen LogP contribution in [0.2, 0.25) is 0 Å². The molecule has 1 saturated heterocycles. The number of nitrogens with two attached hydrogens (primary N) is 1. The molecule has 0 unspecified atom stereocenters. The van der Waals surface area contributed by atoms with E-state index in [9.17, 15) is 4.79 Å². The van der Waals surface area contributed by atoms with Crippen LogP contribution in [0.25, 0.3) is 0 Å². The zero-order valence-corrected chi connectivity index (χ0v) is 13.1. The molecule has 0 aromatic carbocycles. The number of carbonyl (C=O) groups is 1. The lowest BCUT2D eigenvalue weighted by molar-refractivity contribution is 0.0177. The van der Waals surface area contributed by atoms with E-state index in [4.69, 9.17) is 10.5 Å². The van der Waals surface area contributed by atoms with Gasteiger partial charge in [-0.1, -0.05) is 11.3 Å². The van der Waals surface area contributed by atoms with Crippen LogP contribution in [0.4, 0.5) is 10.9 Å². The molecule has 0 radical (unpaired) electrons. The molecule has 2 fully saturated rings. The zero-order chi connectivity index (χ0) is 14.8. The molecular weight excluding hydrogens is 288 g/mol. The summed E-state index contributed by atoms with van der Waals surface area (Å²) in [5.41, 5.74) is 5.92. The van der Waals surface area contributed by atoms with Crippen molar-refractivity contribution in [2.75, 3.05) is 30.8 Å². The van der Waals surface area contributed by atoms with Crippen molar-refractivity contribution in [3.63, 3.8) is 0 Å². The second-order valence-corrected chi connectivity index (χ2v) is 6.74. The van der Waals surface area contributed by atoms with Crippen molar-refractivity contribution in [2.45, 2.75) is 44.2 Å². The first-order chi connectivity index (χ1) is 10.2. The molecule has 3 N–H and O–H groups in total. The van der Waals surface area contributed by atoms with Gasteiger partial charge in [0.05, 0.1) is 6.10 Å². The monoisotopic (exact) mass is 310 g/mol. The number of aromatic nitrogens is 1. The molecule has 1 saturated carbocycles. The Hall–Kier alpha value is -1.34. The van der Waals surface area contributed by atoms with Crippen LogP contribution in [0.1, 0.15) is 41.8 Å². The second-order valence-electron chi connectivity index (χ2n) is 5.76.